The van der Waals surface area contributed by atoms with Crippen LogP contribution in [0.15, 0.2) is 54.6 Å². The summed E-state index contributed by atoms with van der Waals surface area (Å²) in [5.74, 6) is 0.999. The fourth-order valence-electron chi connectivity index (χ4n) is 2.21. The zero-order chi connectivity index (χ0) is 14.9. The molecule has 2 aromatic carbocycles. The second-order valence-electron chi connectivity index (χ2n) is 5.58. The minimum atomic E-state index is 0.483. The molecule has 21 heavy (non-hydrogen) atoms. The fraction of sp³-hybridized carbons (Fsp3) is 0.368. The molecule has 0 atom stereocenters. The zero-order valence-corrected chi connectivity index (χ0v) is 13.0. The molecule has 0 aromatic heterocycles. The Balaban J connectivity index is 1.80. The first-order chi connectivity index (χ1) is 10.3. The molecular weight excluding hydrogens is 258 g/mol. The van der Waals surface area contributed by atoms with E-state index >= 15 is 0 Å². The summed E-state index contributed by atoms with van der Waals surface area (Å²) in [5, 5.41) is 3.44. The summed E-state index contributed by atoms with van der Waals surface area (Å²) in [7, 11) is 0. The van der Waals surface area contributed by atoms with Crippen LogP contribution < -0.4 is 10.1 Å². The van der Waals surface area contributed by atoms with E-state index in [1.165, 1.54) is 11.1 Å². The van der Waals surface area contributed by atoms with Crippen molar-refractivity contribution >= 4 is 0 Å². The minimum absolute atomic E-state index is 0.483. The molecule has 2 heteroatoms. The van der Waals surface area contributed by atoms with Gasteiger partial charge < -0.3 is 10.1 Å². The number of rotatable bonds is 8. The second-order valence-corrected chi connectivity index (χ2v) is 5.58. The highest BCUT2D eigenvalue weighted by molar-refractivity contribution is 5.33. The monoisotopic (exact) mass is 283 g/mol. The van der Waals surface area contributed by atoms with Crippen LogP contribution in [-0.4, -0.2) is 12.6 Å². The Morgan fingerprint density at radius 2 is 1.67 bits per heavy atom. The van der Waals surface area contributed by atoms with E-state index in [-0.39, 0.29) is 0 Å². The quantitative estimate of drug-likeness (QED) is 0.733. The van der Waals surface area contributed by atoms with Crippen molar-refractivity contribution in [1.29, 1.82) is 0 Å². The number of para-hydroxylation sites is 1. The van der Waals surface area contributed by atoms with Gasteiger partial charge in [0.25, 0.3) is 0 Å². The Hall–Kier alpha value is -1.80. The third kappa shape index (κ3) is 5.60. The highest BCUT2D eigenvalue weighted by Gasteiger charge is 2.03. The molecule has 0 saturated carbocycles. The molecule has 0 fully saturated rings. The van der Waals surface area contributed by atoms with Crippen LogP contribution in [0.1, 0.15) is 31.4 Å². The Morgan fingerprint density at radius 3 is 2.43 bits per heavy atom. The van der Waals surface area contributed by atoms with Gasteiger partial charge in [-0.25, -0.2) is 0 Å². The molecule has 0 heterocycles. The highest BCUT2D eigenvalue weighted by atomic mass is 16.5. The Labute approximate surface area is 128 Å². The lowest BCUT2D eigenvalue weighted by Gasteiger charge is -2.13. The van der Waals surface area contributed by atoms with Crippen molar-refractivity contribution in [1.82, 2.24) is 5.32 Å². The third-order valence-electron chi connectivity index (χ3n) is 3.38. The topological polar surface area (TPSA) is 21.3 Å². The van der Waals surface area contributed by atoms with Crippen LogP contribution in [0, 0.1) is 0 Å². The average Bonchev–Trinajstić information content (AvgIpc) is 2.51. The molecule has 0 bridgehead atoms. The SMILES string of the molecule is CC(C)NCc1ccccc1OCCCc1ccccc1. The summed E-state index contributed by atoms with van der Waals surface area (Å²) < 4.78 is 5.95. The van der Waals surface area contributed by atoms with Gasteiger partial charge in [0.2, 0.25) is 0 Å². The van der Waals surface area contributed by atoms with Crippen molar-refractivity contribution in [3.63, 3.8) is 0 Å². The van der Waals surface area contributed by atoms with Gasteiger partial charge in [-0.05, 0) is 24.5 Å². The van der Waals surface area contributed by atoms with Gasteiger partial charge in [0, 0.05) is 18.2 Å². The third-order valence-corrected chi connectivity index (χ3v) is 3.38. The van der Waals surface area contributed by atoms with Gasteiger partial charge in [-0.3, -0.25) is 0 Å². The maximum Gasteiger partial charge on any atom is 0.123 e. The van der Waals surface area contributed by atoms with E-state index in [0.717, 1.165) is 31.7 Å². The van der Waals surface area contributed by atoms with E-state index in [0.29, 0.717) is 6.04 Å². The van der Waals surface area contributed by atoms with Crippen molar-refractivity contribution in [2.75, 3.05) is 6.61 Å². The first-order valence-corrected chi connectivity index (χ1v) is 7.73. The molecule has 0 aliphatic heterocycles. The lowest BCUT2D eigenvalue weighted by Crippen LogP contribution is -2.22. The second kappa shape index (κ2) is 8.48. The Bertz CT molecular complexity index is 522. The maximum absolute atomic E-state index is 5.95. The summed E-state index contributed by atoms with van der Waals surface area (Å²) in [6, 6.07) is 19.3. The first-order valence-electron chi connectivity index (χ1n) is 7.73. The summed E-state index contributed by atoms with van der Waals surface area (Å²) in [6.45, 7) is 5.92. The maximum atomic E-state index is 5.95. The largest absolute Gasteiger partial charge is 0.493 e. The summed E-state index contributed by atoms with van der Waals surface area (Å²) in [6.07, 6.45) is 2.10. The van der Waals surface area contributed by atoms with Crippen molar-refractivity contribution in [2.45, 2.75) is 39.3 Å². The van der Waals surface area contributed by atoms with Crippen molar-refractivity contribution in [3.8, 4) is 5.75 Å². The highest BCUT2D eigenvalue weighted by Crippen LogP contribution is 2.18. The molecule has 2 rings (SSSR count). The molecule has 0 saturated heterocycles. The van der Waals surface area contributed by atoms with E-state index in [2.05, 4.69) is 67.7 Å². The van der Waals surface area contributed by atoms with Crippen LogP contribution in [0.2, 0.25) is 0 Å². The standard InChI is InChI=1S/C19H25NO/c1-16(2)20-15-18-12-6-7-13-19(18)21-14-8-11-17-9-4-3-5-10-17/h3-7,9-10,12-13,16,20H,8,11,14-15H2,1-2H3. The van der Waals surface area contributed by atoms with Gasteiger partial charge in [0.1, 0.15) is 5.75 Å². The number of benzene rings is 2. The molecule has 2 nitrogen and oxygen atoms in total. The van der Waals surface area contributed by atoms with Gasteiger partial charge in [0.15, 0.2) is 0 Å². The normalized spacial score (nSPS) is 10.8. The molecule has 2 aromatic rings. The van der Waals surface area contributed by atoms with E-state index < -0.39 is 0 Å². The van der Waals surface area contributed by atoms with Crippen LogP contribution >= 0.6 is 0 Å². The van der Waals surface area contributed by atoms with Crippen molar-refractivity contribution in [2.24, 2.45) is 0 Å². The lowest BCUT2D eigenvalue weighted by molar-refractivity contribution is 0.306. The molecule has 112 valence electrons. The van der Waals surface area contributed by atoms with Gasteiger partial charge in [-0.15, -0.1) is 0 Å². The molecule has 0 radical (unpaired) electrons. The van der Waals surface area contributed by atoms with Crippen molar-refractivity contribution < 1.29 is 4.74 Å². The van der Waals surface area contributed by atoms with E-state index in [1.54, 1.807) is 0 Å². The van der Waals surface area contributed by atoms with Gasteiger partial charge in [-0.2, -0.15) is 0 Å². The smallest absolute Gasteiger partial charge is 0.123 e. The predicted molar refractivity (Wildman–Crippen MR) is 88.7 cm³/mol. The lowest BCUT2D eigenvalue weighted by atomic mass is 10.1. The molecule has 0 aliphatic carbocycles. The van der Waals surface area contributed by atoms with Crippen LogP contribution in [0.4, 0.5) is 0 Å². The number of ether oxygens (including phenoxy) is 1. The summed E-state index contributed by atoms with van der Waals surface area (Å²) in [5.41, 5.74) is 2.60. The molecule has 0 aliphatic rings. The average molecular weight is 283 g/mol. The van der Waals surface area contributed by atoms with Crippen LogP contribution in [0.3, 0.4) is 0 Å². The minimum Gasteiger partial charge on any atom is -0.493 e. The molecular formula is C19H25NO. The molecule has 1 N–H and O–H groups in total. The molecule has 0 unspecified atom stereocenters. The first kappa shape index (κ1) is 15.6. The van der Waals surface area contributed by atoms with E-state index in [1.807, 2.05) is 6.07 Å². The van der Waals surface area contributed by atoms with E-state index in [4.69, 9.17) is 4.74 Å². The van der Waals surface area contributed by atoms with Crippen LogP contribution in [0.25, 0.3) is 0 Å². The molecule has 0 amide bonds. The fourth-order valence-corrected chi connectivity index (χ4v) is 2.21. The number of aryl methyl sites for hydroxylation is 1. The van der Waals surface area contributed by atoms with E-state index in [9.17, 15) is 0 Å². The molecule has 0 spiro atoms. The van der Waals surface area contributed by atoms with Crippen LogP contribution in [-0.2, 0) is 13.0 Å². The summed E-state index contributed by atoms with van der Waals surface area (Å²) in [4.78, 5) is 0. The van der Waals surface area contributed by atoms with Crippen molar-refractivity contribution in [3.05, 3.63) is 65.7 Å². The zero-order valence-electron chi connectivity index (χ0n) is 13.0. The summed E-state index contributed by atoms with van der Waals surface area (Å²) >= 11 is 0. The number of hydrogen-bond acceptors (Lipinski definition) is 2. The van der Waals surface area contributed by atoms with Gasteiger partial charge in [-0.1, -0.05) is 62.4 Å². The predicted octanol–water partition coefficient (Wildman–Crippen LogP) is 4.20. The number of hydrogen-bond donors (Lipinski definition) is 1. The Kier molecular flexibility index (Phi) is 6.29. The van der Waals surface area contributed by atoms with Gasteiger partial charge in [0.05, 0.1) is 6.61 Å². The van der Waals surface area contributed by atoms with Crippen LogP contribution in [0.5, 0.6) is 5.75 Å². The number of nitrogens with one attached hydrogen (secondary N) is 1. The van der Waals surface area contributed by atoms with Gasteiger partial charge >= 0.3 is 0 Å². The Morgan fingerprint density at radius 1 is 0.952 bits per heavy atom.